The average molecular weight is 321 g/mol. The maximum atomic E-state index is 11.4. The molecule has 1 atom stereocenters. The van der Waals surface area contributed by atoms with Crippen LogP contribution in [-0.4, -0.2) is 40.4 Å². The largest absolute Gasteiger partial charge is 0.481 e. The van der Waals surface area contributed by atoms with Gasteiger partial charge in [-0.1, -0.05) is 0 Å². The SMILES string of the molecule is CC(=O)Nc1cc([N+](=O)[O-])c(C(C)C(=O)O)c2c1CCN(C)C2. The van der Waals surface area contributed by atoms with E-state index in [-0.39, 0.29) is 17.2 Å². The van der Waals surface area contributed by atoms with Gasteiger partial charge < -0.3 is 15.3 Å². The van der Waals surface area contributed by atoms with Crippen LogP contribution < -0.4 is 5.32 Å². The van der Waals surface area contributed by atoms with Crippen LogP contribution in [0, 0.1) is 10.1 Å². The zero-order chi connectivity index (χ0) is 17.3. The van der Waals surface area contributed by atoms with Crippen molar-refractivity contribution in [1.29, 1.82) is 0 Å². The van der Waals surface area contributed by atoms with Gasteiger partial charge in [0.2, 0.25) is 5.91 Å². The predicted molar refractivity (Wildman–Crippen MR) is 83.5 cm³/mol. The molecule has 23 heavy (non-hydrogen) atoms. The van der Waals surface area contributed by atoms with Gasteiger partial charge in [-0.3, -0.25) is 19.7 Å². The number of carboxylic acids is 1. The first-order chi connectivity index (χ1) is 10.7. The summed E-state index contributed by atoms with van der Waals surface area (Å²) in [6.45, 7) is 3.92. The Morgan fingerprint density at radius 1 is 1.43 bits per heavy atom. The number of nitrogens with zero attached hydrogens (tertiary/aromatic N) is 2. The number of nitro benzene ring substituents is 1. The molecule has 1 aliphatic heterocycles. The Balaban J connectivity index is 2.75. The van der Waals surface area contributed by atoms with Gasteiger partial charge in [-0.25, -0.2) is 0 Å². The lowest BCUT2D eigenvalue weighted by Crippen LogP contribution is -2.30. The van der Waals surface area contributed by atoms with E-state index in [1.54, 1.807) is 0 Å². The molecule has 8 heteroatoms. The third-order valence-electron chi connectivity index (χ3n) is 4.05. The molecule has 0 bridgehead atoms. The van der Waals surface area contributed by atoms with Gasteiger partial charge in [-0.2, -0.15) is 0 Å². The van der Waals surface area contributed by atoms with Crippen molar-refractivity contribution in [2.24, 2.45) is 0 Å². The van der Waals surface area contributed by atoms with E-state index in [2.05, 4.69) is 5.32 Å². The highest BCUT2D eigenvalue weighted by Gasteiger charge is 2.33. The van der Waals surface area contributed by atoms with Gasteiger partial charge in [0.25, 0.3) is 5.69 Å². The zero-order valence-corrected chi connectivity index (χ0v) is 13.3. The lowest BCUT2D eigenvalue weighted by atomic mass is 9.86. The summed E-state index contributed by atoms with van der Waals surface area (Å²) in [6.07, 6.45) is 0.596. The van der Waals surface area contributed by atoms with Crippen LogP contribution in [0.5, 0.6) is 0 Å². The number of likely N-dealkylation sites (N-methyl/N-ethyl adjacent to an activating group) is 1. The second-order valence-corrected chi connectivity index (χ2v) is 5.80. The van der Waals surface area contributed by atoms with E-state index < -0.39 is 16.8 Å². The fraction of sp³-hybridized carbons (Fsp3) is 0.467. The van der Waals surface area contributed by atoms with Gasteiger partial charge in [-0.05, 0) is 31.5 Å². The monoisotopic (exact) mass is 321 g/mol. The number of aliphatic carboxylic acids is 1. The number of carbonyl (C=O) groups excluding carboxylic acids is 1. The van der Waals surface area contributed by atoms with Crippen molar-refractivity contribution >= 4 is 23.3 Å². The second-order valence-electron chi connectivity index (χ2n) is 5.80. The molecule has 1 heterocycles. The number of hydrogen-bond acceptors (Lipinski definition) is 5. The Morgan fingerprint density at radius 2 is 2.09 bits per heavy atom. The molecule has 1 aromatic carbocycles. The molecule has 124 valence electrons. The van der Waals surface area contributed by atoms with Crippen LogP contribution in [-0.2, 0) is 22.6 Å². The highest BCUT2D eigenvalue weighted by molar-refractivity contribution is 5.91. The number of anilines is 1. The molecule has 0 spiro atoms. The molecule has 0 radical (unpaired) electrons. The normalized spacial score (nSPS) is 15.6. The topological polar surface area (TPSA) is 113 Å². The number of fused-ring (bicyclic) bond motifs is 1. The number of hydrogen-bond donors (Lipinski definition) is 2. The average Bonchev–Trinajstić information content (AvgIpc) is 2.44. The molecule has 0 aromatic heterocycles. The van der Waals surface area contributed by atoms with E-state index in [0.717, 1.165) is 12.1 Å². The second kappa shape index (κ2) is 6.33. The van der Waals surface area contributed by atoms with Crippen molar-refractivity contribution in [3.05, 3.63) is 32.9 Å². The molecular formula is C15H19N3O5. The summed E-state index contributed by atoms with van der Waals surface area (Å²) in [5.74, 6) is -2.43. The van der Waals surface area contributed by atoms with Gasteiger partial charge in [0.05, 0.1) is 16.5 Å². The first kappa shape index (κ1) is 16.9. The summed E-state index contributed by atoms with van der Waals surface area (Å²) in [6, 6.07) is 1.28. The third kappa shape index (κ3) is 3.31. The van der Waals surface area contributed by atoms with Crippen molar-refractivity contribution in [2.75, 3.05) is 18.9 Å². The maximum absolute atomic E-state index is 11.4. The Hall–Kier alpha value is -2.48. The number of carboxylic acid groups (broad SMARTS) is 1. The predicted octanol–water partition coefficient (Wildman–Crippen LogP) is 1.73. The highest BCUT2D eigenvalue weighted by atomic mass is 16.6. The van der Waals surface area contributed by atoms with E-state index in [4.69, 9.17) is 0 Å². The Morgan fingerprint density at radius 3 is 2.61 bits per heavy atom. The minimum atomic E-state index is -1.11. The lowest BCUT2D eigenvalue weighted by Gasteiger charge is -2.29. The van der Waals surface area contributed by atoms with Crippen LogP contribution >= 0.6 is 0 Å². The van der Waals surface area contributed by atoms with Crippen LogP contribution in [0.25, 0.3) is 0 Å². The van der Waals surface area contributed by atoms with Crippen LogP contribution in [0.2, 0.25) is 0 Å². The minimum absolute atomic E-state index is 0.221. The summed E-state index contributed by atoms with van der Waals surface area (Å²) >= 11 is 0. The quantitative estimate of drug-likeness (QED) is 0.645. The molecule has 0 fully saturated rings. The van der Waals surface area contributed by atoms with Crippen LogP contribution in [0.3, 0.4) is 0 Å². The summed E-state index contributed by atoms with van der Waals surface area (Å²) in [5.41, 5.74) is 1.77. The van der Waals surface area contributed by atoms with E-state index in [0.29, 0.717) is 24.2 Å². The van der Waals surface area contributed by atoms with Crippen molar-refractivity contribution in [3.63, 3.8) is 0 Å². The summed E-state index contributed by atoms with van der Waals surface area (Å²) in [5, 5.41) is 23.4. The third-order valence-corrected chi connectivity index (χ3v) is 4.05. The molecule has 2 rings (SSSR count). The summed E-state index contributed by atoms with van der Waals surface area (Å²) in [4.78, 5) is 35.6. The van der Waals surface area contributed by atoms with Crippen molar-refractivity contribution < 1.29 is 19.6 Å². The molecule has 0 saturated carbocycles. The first-order valence-electron chi connectivity index (χ1n) is 7.24. The molecular weight excluding hydrogens is 302 g/mol. The fourth-order valence-electron chi connectivity index (χ4n) is 2.96. The number of carbonyl (C=O) groups is 2. The van der Waals surface area contributed by atoms with Gasteiger partial charge in [0.1, 0.15) is 0 Å². The fourth-order valence-corrected chi connectivity index (χ4v) is 2.96. The van der Waals surface area contributed by atoms with E-state index >= 15 is 0 Å². The number of rotatable bonds is 4. The Labute approximate surface area is 133 Å². The number of benzene rings is 1. The lowest BCUT2D eigenvalue weighted by molar-refractivity contribution is -0.385. The molecule has 8 nitrogen and oxygen atoms in total. The van der Waals surface area contributed by atoms with Crippen LogP contribution in [0.15, 0.2) is 6.07 Å². The first-order valence-corrected chi connectivity index (χ1v) is 7.24. The smallest absolute Gasteiger partial charge is 0.310 e. The van der Waals surface area contributed by atoms with Crippen molar-refractivity contribution in [1.82, 2.24) is 4.90 Å². The van der Waals surface area contributed by atoms with Crippen molar-refractivity contribution in [3.8, 4) is 0 Å². The summed E-state index contributed by atoms with van der Waals surface area (Å²) in [7, 11) is 1.87. The molecule has 0 aliphatic carbocycles. The number of nitrogens with one attached hydrogen (secondary N) is 1. The summed E-state index contributed by atoms with van der Waals surface area (Å²) < 4.78 is 0. The number of nitro groups is 1. The standard InChI is InChI=1S/C15H19N3O5/c1-8(15(20)21)14-11-7-17(3)5-4-10(11)12(16-9(2)19)6-13(14)18(22)23/h6,8H,4-5,7H2,1-3H3,(H,16,19)(H,20,21). The molecule has 1 aliphatic rings. The van der Waals surface area contributed by atoms with E-state index in [1.807, 2.05) is 11.9 Å². The van der Waals surface area contributed by atoms with Gasteiger partial charge >= 0.3 is 5.97 Å². The van der Waals surface area contributed by atoms with Gasteiger partial charge in [0, 0.05) is 31.6 Å². The highest BCUT2D eigenvalue weighted by Crippen LogP contribution is 2.39. The van der Waals surface area contributed by atoms with Gasteiger partial charge in [0.15, 0.2) is 0 Å². The molecule has 1 aromatic rings. The van der Waals surface area contributed by atoms with E-state index in [1.165, 1.54) is 19.9 Å². The zero-order valence-electron chi connectivity index (χ0n) is 13.3. The minimum Gasteiger partial charge on any atom is -0.481 e. The Bertz CT molecular complexity index is 686. The molecule has 0 saturated heterocycles. The molecule has 1 amide bonds. The molecule has 1 unspecified atom stereocenters. The van der Waals surface area contributed by atoms with E-state index in [9.17, 15) is 24.8 Å². The Kier molecular flexibility index (Phi) is 4.65. The number of amides is 1. The molecule has 2 N–H and O–H groups in total. The maximum Gasteiger partial charge on any atom is 0.310 e. The van der Waals surface area contributed by atoms with Crippen LogP contribution in [0.1, 0.15) is 36.5 Å². The van der Waals surface area contributed by atoms with Crippen LogP contribution in [0.4, 0.5) is 11.4 Å². The van der Waals surface area contributed by atoms with Crippen molar-refractivity contribution in [2.45, 2.75) is 32.7 Å². The van der Waals surface area contributed by atoms with Gasteiger partial charge in [-0.15, -0.1) is 0 Å².